The number of rotatable bonds is 2. The first-order valence-electron chi connectivity index (χ1n) is 5.39. The molecule has 0 radical (unpaired) electrons. The number of fused-ring (bicyclic) bond motifs is 1. The van der Waals surface area contributed by atoms with Gasteiger partial charge in [-0.15, -0.1) is 11.3 Å². The van der Waals surface area contributed by atoms with E-state index >= 15 is 0 Å². The topological polar surface area (TPSA) is 55.7 Å². The summed E-state index contributed by atoms with van der Waals surface area (Å²) in [5, 5.41) is 4.29. The maximum Gasteiger partial charge on any atom is 0.122 e. The Morgan fingerprint density at radius 3 is 2.71 bits per heavy atom. The third-order valence-electron chi connectivity index (χ3n) is 2.71. The summed E-state index contributed by atoms with van der Waals surface area (Å²) in [6.07, 6.45) is 3.88. The van der Waals surface area contributed by atoms with Gasteiger partial charge in [-0.25, -0.2) is 4.52 Å². The number of allylic oxidation sites excluding steroid dienone is 2. The maximum absolute atomic E-state index is 5.95. The number of hydrogen-bond donors (Lipinski definition) is 1. The van der Waals surface area contributed by atoms with E-state index < -0.39 is 0 Å². The minimum absolute atomic E-state index is 0.787. The minimum Gasteiger partial charge on any atom is -0.402 e. The van der Waals surface area contributed by atoms with E-state index in [-0.39, 0.29) is 0 Å². The summed E-state index contributed by atoms with van der Waals surface area (Å²) >= 11 is 1.69. The molecule has 0 atom stereocenters. The molecule has 90 valence electrons. The molecule has 0 saturated heterocycles. The largest absolute Gasteiger partial charge is 0.402 e. The van der Waals surface area contributed by atoms with Gasteiger partial charge in [-0.1, -0.05) is 0 Å². The van der Waals surface area contributed by atoms with Crippen LogP contribution in [0.3, 0.4) is 0 Å². The molecule has 2 rings (SSSR count). The molecule has 0 aliphatic rings. The Morgan fingerprint density at radius 2 is 2.18 bits per heavy atom. The van der Waals surface area contributed by atoms with Crippen LogP contribution in [0.5, 0.6) is 0 Å². The number of aliphatic imine (C=N–C) groups is 1. The molecular formula is C12H16N4S. The SMILES string of the molecule is CN=C(C)C(=C(C)N)c1cn2ncc(C)c2s1. The van der Waals surface area contributed by atoms with Gasteiger partial charge in [0.15, 0.2) is 0 Å². The van der Waals surface area contributed by atoms with E-state index in [0.717, 1.165) is 26.7 Å². The monoisotopic (exact) mass is 248 g/mol. The van der Waals surface area contributed by atoms with E-state index in [0.29, 0.717) is 0 Å². The van der Waals surface area contributed by atoms with Gasteiger partial charge >= 0.3 is 0 Å². The van der Waals surface area contributed by atoms with Crippen LogP contribution in [0.25, 0.3) is 10.4 Å². The van der Waals surface area contributed by atoms with Crippen molar-refractivity contribution in [2.75, 3.05) is 7.05 Å². The van der Waals surface area contributed by atoms with Gasteiger partial charge in [0.25, 0.3) is 0 Å². The highest BCUT2D eigenvalue weighted by atomic mass is 32.1. The van der Waals surface area contributed by atoms with Crippen molar-refractivity contribution in [3.63, 3.8) is 0 Å². The summed E-state index contributed by atoms with van der Waals surface area (Å²) in [6.45, 7) is 5.93. The second-order valence-corrected chi connectivity index (χ2v) is 5.07. The lowest BCUT2D eigenvalue weighted by Gasteiger charge is -2.05. The fraction of sp³-hybridized carbons (Fsp3) is 0.333. The zero-order chi connectivity index (χ0) is 12.6. The van der Waals surface area contributed by atoms with Crippen LogP contribution in [0, 0.1) is 6.92 Å². The molecule has 0 bridgehead atoms. The molecule has 0 aliphatic carbocycles. The number of aromatic nitrogens is 2. The van der Waals surface area contributed by atoms with Crippen LogP contribution in [0.4, 0.5) is 0 Å². The van der Waals surface area contributed by atoms with Gasteiger partial charge in [-0.2, -0.15) is 5.10 Å². The fourth-order valence-corrected chi connectivity index (χ4v) is 2.96. The summed E-state index contributed by atoms with van der Waals surface area (Å²) in [6, 6.07) is 0. The standard InChI is InChI=1S/C12H16N4S/c1-7-5-15-16-6-10(17-12(7)16)11(8(2)13)9(3)14-4/h5-6H,13H2,1-4H3. The van der Waals surface area contributed by atoms with E-state index in [1.54, 1.807) is 18.4 Å². The lowest BCUT2D eigenvalue weighted by molar-refractivity contribution is 0.975. The Morgan fingerprint density at radius 1 is 1.47 bits per heavy atom. The first-order valence-corrected chi connectivity index (χ1v) is 6.20. The Hall–Kier alpha value is -1.62. The number of aryl methyl sites for hydroxylation is 1. The van der Waals surface area contributed by atoms with Gasteiger partial charge in [0.2, 0.25) is 0 Å². The van der Waals surface area contributed by atoms with Gasteiger partial charge in [0.05, 0.1) is 11.1 Å². The molecule has 0 unspecified atom stereocenters. The number of nitrogens with zero attached hydrogens (tertiary/aromatic N) is 3. The van der Waals surface area contributed by atoms with Crippen LogP contribution >= 0.6 is 11.3 Å². The van der Waals surface area contributed by atoms with Crippen LogP contribution in [-0.4, -0.2) is 22.4 Å². The van der Waals surface area contributed by atoms with Crippen LogP contribution < -0.4 is 5.73 Å². The normalized spacial score (nSPS) is 14.2. The van der Waals surface area contributed by atoms with Crippen LogP contribution in [0.1, 0.15) is 24.3 Å². The highest BCUT2D eigenvalue weighted by Crippen LogP contribution is 2.28. The maximum atomic E-state index is 5.95. The Bertz CT molecular complexity index is 612. The van der Waals surface area contributed by atoms with Crippen LogP contribution in [0.15, 0.2) is 23.1 Å². The van der Waals surface area contributed by atoms with Gasteiger partial charge in [0.1, 0.15) is 4.83 Å². The van der Waals surface area contributed by atoms with Crippen molar-refractivity contribution in [3.8, 4) is 0 Å². The van der Waals surface area contributed by atoms with Crippen molar-refractivity contribution in [2.24, 2.45) is 10.7 Å². The molecular weight excluding hydrogens is 232 g/mol. The molecule has 0 saturated carbocycles. The third kappa shape index (κ3) is 1.98. The molecule has 17 heavy (non-hydrogen) atoms. The molecule has 2 heterocycles. The highest BCUT2D eigenvalue weighted by molar-refractivity contribution is 7.19. The van der Waals surface area contributed by atoms with E-state index in [9.17, 15) is 0 Å². The predicted octanol–water partition coefficient (Wildman–Crippen LogP) is 2.48. The molecule has 0 aromatic carbocycles. The molecule has 4 nitrogen and oxygen atoms in total. The highest BCUT2D eigenvalue weighted by Gasteiger charge is 2.13. The average Bonchev–Trinajstić information content (AvgIpc) is 2.81. The molecule has 0 fully saturated rings. The van der Waals surface area contributed by atoms with E-state index in [2.05, 4.69) is 17.0 Å². The second-order valence-electron chi connectivity index (χ2n) is 4.04. The van der Waals surface area contributed by atoms with Crippen LogP contribution in [-0.2, 0) is 0 Å². The quantitative estimate of drug-likeness (QED) is 0.830. The molecule has 0 amide bonds. The van der Waals surface area contributed by atoms with Crippen molar-refractivity contribution in [1.29, 1.82) is 0 Å². The molecule has 2 N–H and O–H groups in total. The first kappa shape index (κ1) is 11.9. The lowest BCUT2D eigenvalue weighted by atomic mass is 10.1. The smallest absolute Gasteiger partial charge is 0.122 e. The van der Waals surface area contributed by atoms with Crippen LogP contribution in [0.2, 0.25) is 0 Å². The van der Waals surface area contributed by atoms with Crippen molar-refractivity contribution in [1.82, 2.24) is 9.61 Å². The minimum atomic E-state index is 0.787. The van der Waals surface area contributed by atoms with Crippen molar-refractivity contribution in [2.45, 2.75) is 20.8 Å². The third-order valence-corrected chi connectivity index (χ3v) is 3.94. The second kappa shape index (κ2) is 4.33. The number of hydrogen-bond acceptors (Lipinski definition) is 4. The summed E-state index contributed by atoms with van der Waals surface area (Å²) in [7, 11) is 1.78. The lowest BCUT2D eigenvalue weighted by Crippen LogP contribution is -2.04. The zero-order valence-electron chi connectivity index (χ0n) is 10.5. The Balaban J connectivity index is 2.62. The molecule has 5 heteroatoms. The predicted molar refractivity (Wildman–Crippen MR) is 73.6 cm³/mol. The molecule has 2 aromatic heterocycles. The Labute approximate surface area is 104 Å². The molecule has 2 aromatic rings. The van der Waals surface area contributed by atoms with E-state index in [4.69, 9.17) is 5.73 Å². The first-order chi connectivity index (χ1) is 8.04. The van der Waals surface area contributed by atoms with E-state index in [1.165, 1.54) is 5.56 Å². The fourth-order valence-electron chi connectivity index (χ4n) is 1.78. The number of thiazole rings is 1. The summed E-state index contributed by atoms with van der Waals surface area (Å²) in [5.74, 6) is 0. The van der Waals surface area contributed by atoms with Gasteiger partial charge in [0, 0.05) is 35.8 Å². The summed E-state index contributed by atoms with van der Waals surface area (Å²) in [5.41, 5.74) is 9.89. The summed E-state index contributed by atoms with van der Waals surface area (Å²) < 4.78 is 1.89. The number of nitrogens with two attached hydrogens (primary N) is 1. The average molecular weight is 248 g/mol. The van der Waals surface area contributed by atoms with Gasteiger partial charge < -0.3 is 5.73 Å². The van der Waals surface area contributed by atoms with E-state index in [1.807, 2.05) is 30.8 Å². The van der Waals surface area contributed by atoms with Crippen molar-refractivity contribution in [3.05, 3.63) is 28.5 Å². The molecule has 0 spiro atoms. The summed E-state index contributed by atoms with van der Waals surface area (Å²) in [4.78, 5) is 6.48. The van der Waals surface area contributed by atoms with Gasteiger partial charge in [-0.3, -0.25) is 4.99 Å². The Kier molecular flexibility index (Phi) is 3.02. The molecule has 0 aliphatic heterocycles. The van der Waals surface area contributed by atoms with Crippen molar-refractivity contribution >= 4 is 27.5 Å². The van der Waals surface area contributed by atoms with Gasteiger partial charge in [-0.05, 0) is 20.8 Å². The van der Waals surface area contributed by atoms with Crippen molar-refractivity contribution < 1.29 is 0 Å². The zero-order valence-corrected chi connectivity index (χ0v) is 11.3.